The standard InChI is InChI=1S/C44H78O24/c1-6-14-22(15-12-10-8-7-9-11-13-16-24(45)46)64-43-38(33(55)28(50)21(5)63-43)68-44-39(67-41-36(58)31(53)26(48)19(3)61-41)34(56)29(51)23(65-44)17-59-42-37(32(54)27(49)20(4)62-42)66-40-35(57)30(52)25(47)18(2)60-40/h18-23,25-44,47-58H,6-17H2,1-5H3,(H,45,46). The van der Waals surface area contributed by atoms with E-state index in [9.17, 15) is 66.1 Å². The van der Waals surface area contributed by atoms with E-state index in [1.165, 1.54) is 27.7 Å². The zero-order valence-corrected chi connectivity index (χ0v) is 39.3. The molecule has 0 spiro atoms. The van der Waals surface area contributed by atoms with Gasteiger partial charge in [0.2, 0.25) is 0 Å². The fourth-order valence-electron chi connectivity index (χ4n) is 9.07. The van der Waals surface area contributed by atoms with Crippen LogP contribution in [-0.2, 0) is 52.2 Å². The second kappa shape index (κ2) is 26.5. The Labute approximate surface area is 395 Å². The van der Waals surface area contributed by atoms with Gasteiger partial charge in [0.05, 0.1) is 37.1 Å². The van der Waals surface area contributed by atoms with Crippen LogP contribution in [0.15, 0.2) is 0 Å². The van der Waals surface area contributed by atoms with Gasteiger partial charge >= 0.3 is 5.97 Å². The van der Waals surface area contributed by atoms with Gasteiger partial charge in [0, 0.05) is 6.42 Å². The topological polar surface area (TPSA) is 372 Å². The van der Waals surface area contributed by atoms with Crippen LogP contribution in [0.3, 0.4) is 0 Å². The van der Waals surface area contributed by atoms with E-state index in [-0.39, 0.29) is 6.42 Å². The normalized spacial score (nSPS) is 46.3. The van der Waals surface area contributed by atoms with E-state index in [0.717, 1.165) is 38.5 Å². The predicted molar refractivity (Wildman–Crippen MR) is 228 cm³/mol. The number of aliphatic hydroxyl groups is 12. The molecule has 5 aliphatic heterocycles. The third-order valence-electron chi connectivity index (χ3n) is 13.5. The number of aliphatic carboxylic acids is 1. The van der Waals surface area contributed by atoms with Crippen molar-refractivity contribution in [1.29, 1.82) is 0 Å². The molecule has 26 atom stereocenters. The number of carbonyl (C=O) groups is 1. The molecule has 5 fully saturated rings. The maximum absolute atomic E-state index is 11.7. The van der Waals surface area contributed by atoms with Crippen molar-refractivity contribution in [2.45, 2.75) is 265 Å². The van der Waals surface area contributed by atoms with Crippen molar-refractivity contribution >= 4 is 5.97 Å². The Kier molecular flexibility index (Phi) is 22.4. The van der Waals surface area contributed by atoms with E-state index in [0.29, 0.717) is 25.7 Å². The van der Waals surface area contributed by atoms with Crippen molar-refractivity contribution < 1.29 is 119 Å². The zero-order valence-electron chi connectivity index (χ0n) is 39.3. The number of hydrogen-bond donors (Lipinski definition) is 13. The molecule has 5 saturated heterocycles. The van der Waals surface area contributed by atoms with Crippen LogP contribution in [0.5, 0.6) is 0 Å². The molecule has 0 aromatic heterocycles. The van der Waals surface area contributed by atoms with Crippen LogP contribution >= 0.6 is 0 Å². The molecule has 0 aliphatic carbocycles. The molecule has 0 radical (unpaired) electrons. The van der Waals surface area contributed by atoms with E-state index in [2.05, 4.69) is 0 Å². The van der Waals surface area contributed by atoms with E-state index in [1.807, 2.05) is 6.92 Å². The minimum absolute atomic E-state index is 0.146. The summed E-state index contributed by atoms with van der Waals surface area (Å²) in [5.74, 6) is -0.810. The van der Waals surface area contributed by atoms with Gasteiger partial charge in [0.25, 0.3) is 0 Å². The zero-order chi connectivity index (χ0) is 50.1. The lowest BCUT2D eigenvalue weighted by atomic mass is 9.96. The molecule has 0 bridgehead atoms. The van der Waals surface area contributed by atoms with E-state index in [4.69, 9.17) is 52.5 Å². The third-order valence-corrected chi connectivity index (χ3v) is 13.5. The van der Waals surface area contributed by atoms with E-state index < -0.39 is 172 Å². The van der Waals surface area contributed by atoms with Crippen LogP contribution in [0.1, 0.15) is 105 Å². The highest BCUT2D eigenvalue weighted by Crippen LogP contribution is 2.36. The van der Waals surface area contributed by atoms with Crippen molar-refractivity contribution in [3.8, 4) is 0 Å². The minimum Gasteiger partial charge on any atom is -0.481 e. The fourth-order valence-corrected chi connectivity index (χ4v) is 9.07. The third kappa shape index (κ3) is 14.4. The van der Waals surface area contributed by atoms with Gasteiger partial charge in [0.15, 0.2) is 31.5 Å². The number of aliphatic hydroxyl groups excluding tert-OH is 12. The molecule has 5 aliphatic rings. The Balaban J connectivity index is 1.35. The molecule has 5 rings (SSSR count). The van der Waals surface area contributed by atoms with Gasteiger partial charge in [-0.05, 0) is 47.0 Å². The quantitative estimate of drug-likeness (QED) is 0.0453. The second-order valence-electron chi connectivity index (χ2n) is 18.9. The molecule has 0 amide bonds. The minimum atomic E-state index is -1.99. The highest BCUT2D eigenvalue weighted by molar-refractivity contribution is 5.66. The SMILES string of the molecule is CCCC(CCCCCCCCCC(=O)O)OC1OC(C)C(O)C(O)C1OC1OC(COC2OC(C)C(O)C(O)C2OC2OC(C)C(O)C(O)C2O)C(O)C(O)C1OC1OC(C)C(O)C(O)C1O. The lowest BCUT2D eigenvalue weighted by molar-refractivity contribution is -0.398. The fraction of sp³-hybridized carbons (Fsp3) is 0.977. The molecule has 0 aromatic carbocycles. The average Bonchev–Trinajstić information content (AvgIpc) is 3.30. The lowest BCUT2D eigenvalue weighted by Crippen LogP contribution is -2.67. The summed E-state index contributed by atoms with van der Waals surface area (Å²) in [5, 5.41) is 140. The van der Waals surface area contributed by atoms with Gasteiger partial charge in [0.1, 0.15) is 97.7 Å². The first-order chi connectivity index (χ1) is 32.2. The molecule has 24 nitrogen and oxygen atoms in total. The van der Waals surface area contributed by atoms with E-state index in [1.54, 1.807) is 0 Å². The summed E-state index contributed by atoms with van der Waals surface area (Å²) in [6.07, 6.45) is -32.0. The first kappa shape index (κ1) is 57.5. The number of carboxylic acid groups (broad SMARTS) is 1. The molecular formula is C44H78O24. The van der Waals surface area contributed by atoms with Crippen LogP contribution in [-0.4, -0.2) is 239 Å². The maximum atomic E-state index is 11.7. The number of unbranched alkanes of at least 4 members (excludes halogenated alkanes) is 6. The molecule has 68 heavy (non-hydrogen) atoms. The van der Waals surface area contributed by atoms with Gasteiger partial charge in [-0.25, -0.2) is 0 Å². The van der Waals surface area contributed by atoms with Crippen LogP contribution in [0.25, 0.3) is 0 Å². The molecule has 398 valence electrons. The largest absolute Gasteiger partial charge is 0.481 e. The summed E-state index contributed by atoms with van der Waals surface area (Å²) in [6, 6.07) is 0. The highest BCUT2D eigenvalue weighted by atomic mass is 16.8. The first-order valence-electron chi connectivity index (χ1n) is 24.1. The summed E-state index contributed by atoms with van der Waals surface area (Å²) in [5.41, 5.74) is 0. The Morgan fingerprint density at radius 3 is 1.34 bits per heavy atom. The molecule has 0 saturated carbocycles. The Morgan fingerprint density at radius 2 is 0.838 bits per heavy atom. The van der Waals surface area contributed by atoms with Gasteiger partial charge in [-0.3, -0.25) is 4.79 Å². The number of ether oxygens (including phenoxy) is 10. The summed E-state index contributed by atoms with van der Waals surface area (Å²) in [7, 11) is 0. The summed E-state index contributed by atoms with van der Waals surface area (Å²) in [4.78, 5) is 10.8. The monoisotopic (exact) mass is 990 g/mol. The lowest BCUT2D eigenvalue weighted by Gasteiger charge is -2.49. The Hall–Kier alpha value is -1.41. The van der Waals surface area contributed by atoms with Crippen molar-refractivity contribution in [2.24, 2.45) is 0 Å². The summed E-state index contributed by atoms with van der Waals surface area (Å²) in [6.45, 7) is 7.02. The molecule has 0 aromatic rings. The smallest absolute Gasteiger partial charge is 0.303 e. The first-order valence-corrected chi connectivity index (χ1v) is 24.1. The summed E-state index contributed by atoms with van der Waals surface area (Å²) < 4.78 is 59.8. The van der Waals surface area contributed by atoms with E-state index >= 15 is 0 Å². The Bertz CT molecular complexity index is 1490. The number of rotatable bonds is 23. The molecule has 26 unspecified atom stereocenters. The van der Waals surface area contributed by atoms with Crippen molar-refractivity contribution in [3.63, 3.8) is 0 Å². The second-order valence-corrected chi connectivity index (χ2v) is 18.9. The van der Waals surface area contributed by atoms with Crippen molar-refractivity contribution in [2.75, 3.05) is 6.61 Å². The maximum Gasteiger partial charge on any atom is 0.303 e. The van der Waals surface area contributed by atoms with Gasteiger partial charge in [-0.1, -0.05) is 51.9 Å². The van der Waals surface area contributed by atoms with Crippen molar-refractivity contribution in [1.82, 2.24) is 0 Å². The molecular weight excluding hydrogens is 912 g/mol. The van der Waals surface area contributed by atoms with Gasteiger partial charge < -0.3 is 114 Å². The van der Waals surface area contributed by atoms with Gasteiger partial charge in [-0.15, -0.1) is 0 Å². The summed E-state index contributed by atoms with van der Waals surface area (Å²) >= 11 is 0. The molecule has 13 N–H and O–H groups in total. The average molecular weight is 991 g/mol. The molecule has 24 heteroatoms. The highest BCUT2D eigenvalue weighted by Gasteiger charge is 2.55. The molecule has 5 heterocycles. The van der Waals surface area contributed by atoms with Crippen molar-refractivity contribution in [3.05, 3.63) is 0 Å². The van der Waals surface area contributed by atoms with Crippen LogP contribution < -0.4 is 0 Å². The van der Waals surface area contributed by atoms with Crippen LogP contribution in [0.2, 0.25) is 0 Å². The Morgan fingerprint density at radius 1 is 0.441 bits per heavy atom. The van der Waals surface area contributed by atoms with Gasteiger partial charge in [-0.2, -0.15) is 0 Å². The van der Waals surface area contributed by atoms with Crippen LogP contribution in [0, 0.1) is 0 Å². The van der Waals surface area contributed by atoms with Crippen LogP contribution in [0.4, 0.5) is 0 Å². The number of carboxylic acids is 1. The number of hydrogen-bond acceptors (Lipinski definition) is 23. The predicted octanol–water partition coefficient (Wildman–Crippen LogP) is -3.03.